The van der Waals surface area contributed by atoms with Crippen molar-refractivity contribution in [2.45, 2.75) is 102 Å². The van der Waals surface area contributed by atoms with Gasteiger partial charge in [0.25, 0.3) is 11.8 Å². The van der Waals surface area contributed by atoms with E-state index in [0.29, 0.717) is 17.5 Å². The van der Waals surface area contributed by atoms with Crippen molar-refractivity contribution < 1.29 is 72.7 Å². The van der Waals surface area contributed by atoms with Crippen molar-refractivity contribution in [3.63, 3.8) is 0 Å². The standard InChI is InChI=1S/C38H48N6O15/c1-4-20(2)28(42-38(56)58-19-23-13-9-6-10-14-23)34(52)39-24(15-16-26(46)47)32(50)41-29(21(3)45)35(53)40-25(17-27(48)49)33(51)43-44-36(54)30-31(59-30)37(55)57-18-22-11-7-5-8-12-22/h5-14,20-21,24-25,28-31,45H,4,15-19H2,1-3H3,(H,39,52)(H,40,53)(H,41,50)(H,42,56)(H,43,51)(H,44,54)(H,46,47)(H,48,49)/t20-,21+,24-,25-,28-,29-,30?,31?/m0/s1. The first kappa shape index (κ1) is 46.8. The summed E-state index contributed by atoms with van der Waals surface area (Å²) >= 11 is 0. The zero-order chi connectivity index (χ0) is 43.6. The number of nitrogens with one attached hydrogen (secondary N) is 6. The molecular weight excluding hydrogens is 780 g/mol. The molecule has 1 saturated heterocycles. The highest BCUT2D eigenvalue weighted by Gasteiger charge is 2.52. The number of hydrogen-bond donors (Lipinski definition) is 9. The van der Waals surface area contributed by atoms with Crippen LogP contribution in [0.3, 0.4) is 0 Å². The molecule has 0 saturated carbocycles. The molecule has 1 aliphatic heterocycles. The highest BCUT2D eigenvalue weighted by Crippen LogP contribution is 2.24. The van der Waals surface area contributed by atoms with Crippen LogP contribution in [0.1, 0.15) is 57.6 Å². The molecule has 0 radical (unpaired) electrons. The Morgan fingerprint density at radius 2 is 1.22 bits per heavy atom. The molecule has 320 valence electrons. The van der Waals surface area contributed by atoms with E-state index in [4.69, 9.17) is 14.2 Å². The Bertz CT molecular complexity index is 1810. The van der Waals surface area contributed by atoms with E-state index in [1.165, 1.54) is 0 Å². The number of aliphatic carboxylic acids is 2. The maximum atomic E-state index is 13.5. The Hall–Kier alpha value is -6.61. The minimum Gasteiger partial charge on any atom is -0.481 e. The zero-order valence-electron chi connectivity index (χ0n) is 32.4. The second-order valence-electron chi connectivity index (χ2n) is 13.5. The van der Waals surface area contributed by atoms with Crippen LogP contribution in [0.15, 0.2) is 60.7 Å². The van der Waals surface area contributed by atoms with Gasteiger partial charge >= 0.3 is 24.0 Å². The Kier molecular flexibility index (Phi) is 18.2. The summed E-state index contributed by atoms with van der Waals surface area (Å²) in [5, 5.41) is 38.3. The average molecular weight is 829 g/mol. The van der Waals surface area contributed by atoms with Gasteiger partial charge in [-0.3, -0.25) is 44.4 Å². The Morgan fingerprint density at radius 1 is 0.661 bits per heavy atom. The van der Waals surface area contributed by atoms with Gasteiger partial charge in [-0.2, -0.15) is 0 Å². The van der Waals surface area contributed by atoms with E-state index in [-0.39, 0.29) is 13.2 Å². The van der Waals surface area contributed by atoms with Gasteiger partial charge in [-0.05, 0) is 30.4 Å². The third-order valence-corrected chi connectivity index (χ3v) is 8.85. The molecule has 2 unspecified atom stereocenters. The largest absolute Gasteiger partial charge is 0.481 e. The smallest absolute Gasteiger partial charge is 0.408 e. The number of carboxylic acids is 2. The van der Waals surface area contributed by atoms with E-state index in [1.807, 2.05) is 10.9 Å². The third kappa shape index (κ3) is 15.7. The van der Waals surface area contributed by atoms with Crippen molar-refractivity contribution in [1.82, 2.24) is 32.1 Å². The van der Waals surface area contributed by atoms with Crippen molar-refractivity contribution >= 4 is 53.5 Å². The number of esters is 1. The average Bonchev–Trinajstić information content (AvgIpc) is 4.02. The molecule has 59 heavy (non-hydrogen) atoms. The van der Waals surface area contributed by atoms with Crippen LogP contribution in [0, 0.1) is 5.92 Å². The summed E-state index contributed by atoms with van der Waals surface area (Å²) in [4.78, 5) is 114. The lowest BCUT2D eigenvalue weighted by Crippen LogP contribution is -2.61. The van der Waals surface area contributed by atoms with Gasteiger partial charge in [0.15, 0.2) is 12.2 Å². The summed E-state index contributed by atoms with van der Waals surface area (Å²) in [6.07, 6.45) is -7.09. The second kappa shape index (κ2) is 23.0. The van der Waals surface area contributed by atoms with E-state index in [9.17, 15) is 58.5 Å². The summed E-state index contributed by atoms with van der Waals surface area (Å²) in [5.74, 6) is -9.87. The molecule has 1 fully saturated rings. The van der Waals surface area contributed by atoms with Gasteiger partial charge in [-0.1, -0.05) is 80.9 Å². The first-order valence-electron chi connectivity index (χ1n) is 18.5. The summed E-state index contributed by atoms with van der Waals surface area (Å²) in [7, 11) is 0. The van der Waals surface area contributed by atoms with E-state index in [0.717, 1.165) is 6.92 Å². The van der Waals surface area contributed by atoms with Crippen LogP contribution in [0.2, 0.25) is 0 Å². The summed E-state index contributed by atoms with van der Waals surface area (Å²) in [6, 6.07) is 10.6. The fraction of sp³-hybridized carbons (Fsp3) is 0.447. The zero-order valence-corrected chi connectivity index (χ0v) is 32.4. The van der Waals surface area contributed by atoms with E-state index in [1.54, 1.807) is 74.5 Å². The first-order valence-corrected chi connectivity index (χ1v) is 18.5. The quantitative estimate of drug-likeness (QED) is 0.0397. The monoisotopic (exact) mass is 828 g/mol. The van der Waals surface area contributed by atoms with E-state index < -0.39 is 121 Å². The number of aliphatic hydroxyl groups is 1. The van der Waals surface area contributed by atoms with Crippen molar-refractivity contribution in [3.05, 3.63) is 71.8 Å². The van der Waals surface area contributed by atoms with Crippen molar-refractivity contribution in [2.24, 2.45) is 5.92 Å². The van der Waals surface area contributed by atoms with Crippen molar-refractivity contribution in [1.29, 1.82) is 0 Å². The minimum atomic E-state index is -1.91. The number of aliphatic hydroxyl groups excluding tert-OH is 1. The number of carbonyl (C=O) groups excluding carboxylic acids is 7. The Labute approximate surface area is 337 Å². The summed E-state index contributed by atoms with van der Waals surface area (Å²) in [5.41, 5.74) is 5.24. The first-order chi connectivity index (χ1) is 28.0. The highest BCUT2D eigenvalue weighted by atomic mass is 16.6. The topological polar surface area (TPSA) is 317 Å². The number of carbonyl (C=O) groups is 9. The normalized spacial score (nSPS) is 17.2. The molecule has 2 aromatic rings. The minimum absolute atomic E-state index is 0.0865. The lowest BCUT2D eigenvalue weighted by atomic mass is 9.97. The number of rotatable bonds is 22. The van der Waals surface area contributed by atoms with E-state index >= 15 is 0 Å². The lowest BCUT2D eigenvalue weighted by molar-refractivity contribution is -0.146. The molecule has 1 heterocycles. The molecule has 21 nitrogen and oxygen atoms in total. The second-order valence-corrected chi connectivity index (χ2v) is 13.5. The predicted octanol–water partition coefficient (Wildman–Crippen LogP) is -0.840. The van der Waals surface area contributed by atoms with Gasteiger partial charge in [0.2, 0.25) is 17.7 Å². The van der Waals surface area contributed by atoms with Crippen LogP contribution in [0.4, 0.5) is 4.79 Å². The molecular formula is C38H48N6O15. The number of amides is 6. The van der Waals surface area contributed by atoms with E-state index in [2.05, 4.69) is 21.3 Å². The van der Waals surface area contributed by atoms with Gasteiger partial charge in [0, 0.05) is 6.42 Å². The molecule has 0 spiro atoms. The van der Waals surface area contributed by atoms with Crippen LogP contribution < -0.4 is 32.1 Å². The molecule has 0 aliphatic carbocycles. The number of ether oxygens (including phenoxy) is 3. The summed E-state index contributed by atoms with van der Waals surface area (Å²) in [6.45, 7) is 4.25. The predicted molar refractivity (Wildman–Crippen MR) is 201 cm³/mol. The lowest BCUT2D eigenvalue weighted by Gasteiger charge is -2.28. The Balaban J connectivity index is 1.63. The van der Waals surface area contributed by atoms with Crippen LogP contribution in [-0.4, -0.2) is 111 Å². The van der Waals surface area contributed by atoms with Gasteiger partial charge in [0.1, 0.15) is 37.4 Å². The summed E-state index contributed by atoms with van der Waals surface area (Å²) < 4.78 is 15.4. The molecule has 2 aromatic carbocycles. The molecule has 3 rings (SSSR count). The maximum absolute atomic E-state index is 13.5. The van der Waals surface area contributed by atoms with Crippen LogP contribution in [0.5, 0.6) is 0 Å². The number of hydrogen-bond acceptors (Lipinski definition) is 13. The number of carboxylic acid groups (broad SMARTS) is 2. The van der Waals surface area contributed by atoms with Gasteiger partial charge in [0.05, 0.1) is 12.5 Å². The molecule has 0 aromatic heterocycles. The molecule has 9 N–H and O–H groups in total. The number of epoxide rings is 1. The fourth-order valence-corrected chi connectivity index (χ4v) is 5.28. The Morgan fingerprint density at radius 3 is 1.76 bits per heavy atom. The van der Waals surface area contributed by atoms with Crippen molar-refractivity contribution in [2.75, 3.05) is 0 Å². The molecule has 21 heteroatoms. The molecule has 8 atom stereocenters. The maximum Gasteiger partial charge on any atom is 0.408 e. The third-order valence-electron chi connectivity index (χ3n) is 8.85. The number of hydrazine groups is 1. The number of benzene rings is 2. The van der Waals surface area contributed by atoms with Gasteiger partial charge < -0.3 is 50.8 Å². The van der Waals surface area contributed by atoms with Crippen molar-refractivity contribution in [3.8, 4) is 0 Å². The molecule has 6 amide bonds. The van der Waals surface area contributed by atoms with Gasteiger partial charge in [-0.15, -0.1) is 0 Å². The van der Waals surface area contributed by atoms with Crippen LogP contribution in [-0.2, 0) is 65.8 Å². The molecule has 1 aliphatic rings. The fourth-order valence-electron chi connectivity index (χ4n) is 5.28. The van der Waals surface area contributed by atoms with Crippen LogP contribution >= 0.6 is 0 Å². The van der Waals surface area contributed by atoms with Gasteiger partial charge in [-0.25, -0.2) is 9.59 Å². The highest BCUT2D eigenvalue weighted by molar-refractivity contribution is 5.98. The molecule has 0 bridgehead atoms. The SMILES string of the molecule is CC[C@H](C)[C@H](NC(=O)OCc1ccccc1)C(=O)N[C@@H](CCC(=O)O)C(=O)N[C@H](C(=O)N[C@@H](CC(=O)O)C(=O)NNC(=O)C1OC1C(=O)OCc1ccccc1)[C@@H](C)O. The van der Waals surface area contributed by atoms with Crippen LogP contribution in [0.25, 0.3) is 0 Å². The number of alkyl carbamates (subject to hydrolysis) is 1.